The van der Waals surface area contributed by atoms with Gasteiger partial charge in [-0.1, -0.05) is 118 Å². The minimum Gasteiger partial charge on any atom is -0.400 e. The first-order valence-corrected chi connectivity index (χ1v) is 6.68. The van der Waals surface area contributed by atoms with E-state index >= 15 is 0 Å². The summed E-state index contributed by atoms with van der Waals surface area (Å²) in [5, 5.41) is 7.00. The number of alkyl halides is 7. The van der Waals surface area contributed by atoms with Crippen molar-refractivity contribution in [1.82, 2.24) is 0 Å². The lowest BCUT2D eigenvalue weighted by molar-refractivity contribution is 0.399. The Labute approximate surface area is 136 Å². The van der Waals surface area contributed by atoms with Gasteiger partial charge in [0.15, 0.2) is 4.30 Å². The van der Waals surface area contributed by atoms with Gasteiger partial charge in [0.05, 0.1) is 0 Å². The number of halogens is 7. The van der Waals surface area contributed by atoms with Gasteiger partial charge in [0.25, 0.3) is 3.25 Å². The molecule has 0 saturated heterocycles. The number of hydrogen-bond donors (Lipinski definition) is 1. The predicted octanol–water partition coefficient (Wildman–Crippen LogP) is 5.83. The fraction of sp³-hybridized carbons (Fsp3) is 0.333. The van der Waals surface area contributed by atoms with Crippen molar-refractivity contribution < 1.29 is 5.11 Å². The number of aliphatic hydroxyl groups is 1. The van der Waals surface area contributed by atoms with Gasteiger partial charge in [-0.2, -0.15) is 0 Å². The van der Waals surface area contributed by atoms with Gasteiger partial charge in [-0.05, 0) is 0 Å². The summed E-state index contributed by atoms with van der Waals surface area (Å²) in [6.07, 6.45) is 0. The molecule has 102 valence electrons. The van der Waals surface area contributed by atoms with E-state index in [0.717, 1.165) is 7.11 Å². The molecule has 0 saturated carbocycles. The van der Waals surface area contributed by atoms with Crippen molar-refractivity contribution in [2.45, 2.75) is 7.55 Å². The van der Waals surface area contributed by atoms with Crippen molar-refractivity contribution in [2.75, 3.05) is 7.11 Å². The molecule has 0 radical (unpaired) electrons. The second kappa shape index (κ2) is 17.2. The largest absolute Gasteiger partial charge is 0.400 e. The maximum Gasteiger partial charge on any atom is 0.266 e. The summed E-state index contributed by atoms with van der Waals surface area (Å²) in [6.45, 7) is 0. The Kier molecular flexibility index (Phi) is 23.6. The van der Waals surface area contributed by atoms with Gasteiger partial charge >= 0.3 is 0 Å². The van der Waals surface area contributed by atoms with Crippen molar-refractivity contribution in [1.29, 1.82) is 0 Å². The van der Waals surface area contributed by atoms with Crippen molar-refractivity contribution in [3.05, 3.63) is 36.4 Å². The van der Waals surface area contributed by atoms with Gasteiger partial charge in [-0.15, -0.1) is 0 Å². The molecule has 0 fully saturated rings. The summed E-state index contributed by atoms with van der Waals surface area (Å²) in [5.41, 5.74) is 0. The van der Waals surface area contributed by atoms with Gasteiger partial charge < -0.3 is 5.11 Å². The number of rotatable bonds is 0. The summed E-state index contributed by atoms with van der Waals surface area (Å²) in [5.74, 6) is 0. The Morgan fingerprint density at radius 2 is 0.765 bits per heavy atom. The zero-order valence-corrected chi connectivity index (χ0v) is 13.9. The Morgan fingerprint density at radius 1 is 0.706 bits per heavy atom. The average Bonchev–Trinajstić information content (AvgIpc) is 2.20. The summed E-state index contributed by atoms with van der Waals surface area (Å²) >= 11 is 33.7. The highest BCUT2D eigenvalue weighted by atomic mass is 35.6. The first-order chi connectivity index (χ1) is 7.73. The van der Waals surface area contributed by atoms with E-state index in [-0.39, 0.29) is 0 Å². The normalized spacial score (nSPS) is 8.82. The Bertz CT molecular complexity index is 177. The molecule has 0 aromatic heterocycles. The van der Waals surface area contributed by atoms with Crippen LogP contribution in [0.4, 0.5) is 0 Å². The lowest BCUT2D eigenvalue weighted by atomic mass is 10.4. The van der Waals surface area contributed by atoms with Gasteiger partial charge in [-0.25, -0.2) is 0 Å². The first kappa shape index (κ1) is 23.3. The first-order valence-electron chi connectivity index (χ1n) is 3.86. The van der Waals surface area contributed by atoms with Crippen LogP contribution in [0.15, 0.2) is 36.4 Å². The van der Waals surface area contributed by atoms with Gasteiger partial charge in [-0.3, -0.25) is 0 Å². The summed E-state index contributed by atoms with van der Waals surface area (Å²) in [6, 6.07) is 12.0. The summed E-state index contributed by atoms with van der Waals surface area (Å²) in [4.78, 5) is 0. The molecule has 1 aromatic carbocycles. The topological polar surface area (TPSA) is 20.2 Å². The van der Waals surface area contributed by atoms with E-state index in [2.05, 4.69) is 0 Å². The molecular formula is C9H11Cl7O. The molecule has 0 amide bonds. The minimum absolute atomic E-state index is 0.750. The van der Waals surface area contributed by atoms with Crippen LogP contribution in [0, 0.1) is 0 Å². The van der Waals surface area contributed by atoms with Crippen molar-refractivity contribution in [2.24, 2.45) is 0 Å². The maximum absolute atomic E-state index is 7.00. The van der Waals surface area contributed by atoms with Gasteiger partial charge in [0.2, 0.25) is 0 Å². The van der Waals surface area contributed by atoms with E-state index in [1.165, 1.54) is 0 Å². The number of hydrogen-bond acceptors (Lipinski definition) is 1. The van der Waals surface area contributed by atoms with Crippen LogP contribution in [0.1, 0.15) is 0 Å². The molecule has 0 spiro atoms. The van der Waals surface area contributed by atoms with Crippen molar-refractivity contribution >= 4 is 81.2 Å². The molecule has 1 aromatic rings. The van der Waals surface area contributed by atoms with E-state index in [9.17, 15) is 0 Å². The van der Waals surface area contributed by atoms with Crippen LogP contribution in [-0.4, -0.2) is 19.8 Å². The van der Waals surface area contributed by atoms with E-state index < -0.39 is 7.55 Å². The smallest absolute Gasteiger partial charge is 0.266 e. The van der Waals surface area contributed by atoms with Crippen LogP contribution in [0.25, 0.3) is 0 Å². The molecule has 0 bridgehead atoms. The third-order valence-corrected chi connectivity index (χ3v) is 0.667. The second-order valence-electron chi connectivity index (χ2n) is 1.83. The highest BCUT2D eigenvalue weighted by molar-refractivity contribution is 6.83. The van der Waals surface area contributed by atoms with E-state index in [1.54, 1.807) is 0 Å². The summed E-state index contributed by atoms with van der Waals surface area (Å²) < 4.78 is -2.36. The maximum atomic E-state index is 7.00. The standard InChI is InChI=1S/C6H6.CCl4.CHCl3.CH4O/c1-2-4-6-5-3-1;2-1(3,4)5;2-1(3)4;1-2/h1-6H;;1H;2H,1H3. The quantitative estimate of drug-likeness (QED) is 0.559. The monoisotopic (exact) mass is 380 g/mol. The van der Waals surface area contributed by atoms with Crippen molar-refractivity contribution in [3.8, 4) is 0 Å². The zero-order chi connectivity index (χ0) is 14.3. The zero-order valence-electron chi connectivity index (χ0n) is 8.63. The SMILES string of the molecule is CO.ClC(Cl)(Cl)Cl.ClC(Cl)Cl.c1ccccc1. The number of aliphatic hydroxyl groups excluding tert-OH is 1. The van der Waals surface area contributed by atoms with Crippen LogP contribution in [-0.2, 0) is 0 Å². The highest BCUT2D eigenvalue weighted by Gasteiger charge is 2.11. The van der Waals surface area contributed by atoms with E-state index in [1.807, 2.05) is 36.4 Å². The highest BCUT2D eigenvalue weighted by Crippen LogP contribution is 2.29. The molecule has 8 heteroatoms. The minimum atomic E-state index is -1.61. The van der Waals surface area contributed by atoms with E-state index in [0.29, 0.717) is 0 Å². The van der Waals surface area contributed by atoms with Gasteiger partial charge in [0, 0.05) is 7.11 Å². The summed E-state index contributed by atoms with van der Waals surface area (Å²) in [7, 11) is 1.00. The predicted molar refractivity (Wildman–Crippen MR) is 82.1 cm³/mol. The van der Waals surface area contributed by atoms with Crippen molar-refractivity contribution in [3.63, 3.8) is 0 Å². The van der Waals surface area contributed by atoms with Crippen LogP contribution in [0.2, 0.25) is 0 Å². The molecule has 1 rings (SSSR count). The van der Waals surface area contributed by atoms with E-state index in [4.69, 9.17) is 86.3 Å². The molecule has 0 atom stereocenters. The molecule has 1 N–H and O–H groups in total. The van der Waals surface area contributed by atoms with Crippen LogP contribution >= 0.6 is 81.2 Å². The molecule has 0 aliphatic rings. The van der Waals surface area contributed by atoms with Crippen LogP contribution in [0.3, 0.4) is 0 Å². The fourth-order valence-electron chi connectivity index (χ4n) is 0.385. The second-order valence-corrected chi connectivity index (χ2v) is 7.24. The average molecular weight is 383 g/mol. The third kappa shape index (κ3) is 76.6. The molecule has 0 unspecified atom stereocenters. The molecule has 0 aliphatic carbocycles. The Hall–Kier alpha value is 1.21. The molecular weight excluding hydrogens is 372 g/mol. The lowest BCUT2D eigenvalue weighted by Gasteiger charge is -1.91. The molecule has 0 aliphatic heterocycles. The molecule has 1 nitrogen and oxygen atoms in total. The third-order valence-electron chi connectivity index (χ3n) is 0.667. The van der Waals surface area contributed by atoms with Gasteiger partial charge in [0.1, 0.15) is 0 Å². The molecule has 0 heterocycles. The Balaban J connectivity index is -0.000000165. The number of benzene rings is 1. The van der Waals surface area contributed by atoms with Crippen LogP contribution in [0.5, 0.6) is 0 Å². The lowest BCUT2D eigenvalue weighted by Crippen LogP contribution is -1.81. The molecule has 17 heavy (non-hydrogen) atoms. The Morgan fingerprint density at radius 3 is 0.824 bits per heavy atom. The fourth-order valence-corrected chi connectivity index (χ4v) is 0.385. The van der Waals surface area contributed by atoms with Crippen LogP contribution < -0.4 is 0 Å².